The zero-order valence-electron chi connectivity index (χ0n) is 10.4. The number of rotatable bonds is 4. The Morgan fingerprint density at radius 3 is 2.89 bits per heavy atom. The number of nitrogens with zero attached hydrogens (tertiary/aromatic N) is 2. The van der Waals surface area contributed by atoms with Gasteiger partial charge in [0.1, 0.15) is 0 Å². The highest BCUT2D eigenvalue weighted by Crippen LogP contribution is 2.26. The Kier molecular flexibility index (Phi) is 5.55. The van der Waals surface area contributed by atoms with Crippen LogP contribution < -0.4 is 11.1 Å². The quantitative estimate of drug-likeness (QED) is 0.852. The first-order valence-electron chi connectivity index (χ1n) is 5.96. The fraction of sp³-hybridized carbons (Fsp3) is 0.727. The van der Waals surface area contributed by atoms with Crippen molar-refractivity contribution >= 4 is 18.3 Å². The summed E-state index contributed by atoms with van der Waals surface area (Å²) in [5.74, 6) is 1.33. The molecule has 6 nitrogen and oxygen atoms in total. The molecule has 0 spiro atoms. The molecule has 7 heteroatoms. The zero-order valence-corrected chi connectivity index (χ0v) is 11.2. The van der Waals surface area contributed by atoms with E-state index in [2.05, 4.69) is 15.5 Å². The molecule has 2 atom stereocenters. The minimum atomic E-state index is 0. The molecule has 102 valence electrons. The normalized spacial score (nSPS) is 22.6. The summed E-state index contributed by atoms with van der Waals surface area (Å²) in [7, 11) is 0. The van der Waals surface area contributed by atoms with Crippen LogP contribution in [-0.4, -0.2) is 22.1 Å². The summed E-state index contributed by atoms with van der Waals surface area (Å²) in [5, 5.41) is 6.42. The number of hydrogen-bond donors (Lipinski definition) is 2. The van der Waals surface area contributed by atoms with Crippen molar-refractivity contribution in [2.45, 2.75) is 45.2 Å². The van der Waals surface area contributed by atoms with E-state index in [-0.39, 0.29) is 24.4 Å². The number of carbonyl (C=O) groups is 1. The maximum Gasteiger partial charge on any atom is 0.246 e. The van der Waals surface area contributed by atoms with Crippen LogP contribution in [0.4, 0.5) is 0 Å². The second-order valence-electron chi connectivity index (χ2n) is 4.57. The maximum atomic E-state index is 11.7. The lowest BCUT2D eigenvalue weighted by Gasteiger charge is -2.14. The van der Waals surface area contributed by atoms with Crippen molar-refractivity contribution in [3.63, 3.8) is 0 Å². The van der Waals surface area contributed by atoms with Crippen molar-refractivity contribution in [3.05, 3.63) is 11.7 Å². The monoisotopic (exact) mass is 274 g/mol. The van der Waals surface area contributed by atoms with Crippen molar-refractivity contribution in [3.8, 4) is 0 Å². The molecule has 1 aliphatic carbocycles. The molecular weight excluding hydrogens is 256 g/mol. The molecule has 1 amide bonds. The third kappa shape index (κ3) is 3.96. The van der Waals surface area contributed by atoms with Gasteiger partial charge in [-0.2, -0.15) is 4.98 Å². The Balaban J connectivity index is 0.00000162. The van der Waals surface area contributed by atoms with Gasteiger partial charge in [-0.05, 0) is 25.7 Å². The molecule has 3 N–H and O–H groups in total. The SMILES string of the molecule is Cc1noc(CNC(=O)C[C@@H]2CCC[C@H]2N)n1.Cl. The summed E-state index contributed by atoms with van der Waals surface area (Å²) in [4.78, 5) is 15.7. The van der Waals surface area contributed by atoms with Gasteiger partial charge in [-0.25, -0.2) is 0 Å². The number of nitrogens with two attached hydrogens (primary N) is 1. The van der Waals surface area contributed by atoms with Gasteiger partial charge >= 0.3 is 0 Å². The fourth-order valence-corrected chi connectivity index (χ4v) is 2.22. The Labute approximate surface area is 112 Å². The van der Waals surface area contributed by atoms with Gasteiger partial charge in [-0.15, -0.1) is 12.4 Å². The number of aryl methyl sites for hydroxylation is 1. The van der Waals surface area contributed by atoms with E-state index < -0.39 is 0 Å². The lowest BCUT2D eigenvalue weighted by Crippen LogP contribution is -2.31. The van der Waals surface area contributed by atoms with Crippen LogP contribution in [0.3, 0.4) is 0 Å². The molecule has 1 aromatic heterocycles. The van der Waals surface area contributed by atoms with E-state index in [0.717, 1.165) is 19.3 Å². The molecular formula is C11H19ClN4O2. The van der Waals surface area contributed by atoms with Gasteiger partial charge in [0.25, 0.3) is 0 Å². The maximum absolute atomic E-state index is 11.7. The summed E-state index contributed by atoms with van der Waals surface area (Å²) in [6.45, 7) is 2.04. The van der Waals surface area contributed by atoms with Crippen molar-refractivity contribution in [1.29, 1.82) is 0 Å². The minimum Gasteiger partial charge on any atom is -0.347 e. The zero-order chi connectivity index (χ0) is 12.3. The van der Waals surface area contributed by atoms with Crippen molar-refractivity contribution in [2.24, 2.45) is 11.7 Å². The van der Waals surface area contributed by atoms with E-state index in [1.54, 1.807) is 6.92 Å². The van der Waals surface area contributed by atoms with E-state index in [1.165, 1.54) is 0 Å². The fourth-order valence-electron chi connectivity index (χ4n) is 2.22. The van der Waals surface area contributed by atoms with Crippen LogP contribution in [0.15, 0.2) is 4.52 Å². The Hall–Kier alpha value is -1.14. The molecule has 1 fully saturated rings. The third-order valence-corrected chi connectivity index (χ3v) is 3.17. The first-order valence-corrected chi connectivity index (χ1v) is 5.96. The van der Waals surface area contributed by atoms with Gasteiger partial charge in [0.05, 0.1) is 6.54 Å². The van der Waals surface area contributed by atoms with E-state index in [1.807, 2.05) is 0 Å². The van der Waals surface area contributed by atoms with E-state index >= 15 is 0 Å². The number of amides is 1. The minimum absolute atomic E-state index is 0. The summed E-state index contributed by atoms with van der Waals surface area (Å²) in [6, 6.07) is 0.173. The molecule has 18 heavy (non-hydrogen) atoms. The van der Waals surface area contributed by atoms with E-state index in [9.17, 15) is 4.79 Å². The molecule has 0 unspecified atom stereocenters. The predicted molar refractivity (Wildman–Crippen MR) is 68.1 cm³/mol. The van der Waals surface area contributed by atoms with Gasteiger partial charge in [-0.1, -0.05) is 11.6 Å². The van der Waals surface area contributed by atoms with Gasteiger partial charge in [0.15, 0.2) is 5.82 Å². The van der Waals surface area contributed by atoms with Crippen LogP contribution >= 0.6 is 12.4 Å². The average molecular weight is 275 g/mol. The number of nitrogens with one attached hydrogen (secondary N) is 1. The summed E-state index contributed by atoms with van der Waals surface area (Å²) < 4.78 is 4.91. The Morgan fingerprint density at radius 2 is 2.33 bits per heavy atom. The summed E-state index contributed by atoms with van der Waals surface area (Å²) in [6.07, 6.45) is 3.70. The molecule has 0 aromatic carbocycles. The highest BCUT2D eigenvalue weighted by atomic mass is 35.5. The van der Waals surface area contributed by atoms with Gasteiger partial charge in [0.2, 0.25) is 11.8 Å². The van der Waals surface area contributed by atoms with Crippen LogP contribution in [0.25, 0.3) is 0 Å². The highest BCUT2D eigenvalue weighted by Gasteiger charge is 2.25. The van der Waals surface area contributed by atoms with Crippen molar-refractivity contribution in [1.82, 2.24) is 15.5 Å². The predicted octanol–water partition coefficient (Wildman–Crippen LogP) is 0.934. The number of hydrogen-bond acceptors (Lipinski definition) is 5. The molecule has 0 aliphatic heterocycles. The largest absolute Gasteiger partial charge is 0.347 e. The second-order valence-corrected chi connectivity index (χ2v) is 4.57. The number of halogens is 1. The molecule has 1 saturated carbocycles. The van der Waals surface area contributed by atoms with Crippen LogP contribution in [0.5, 0.6) is 0 Å². The molecule has 2 rings (SSSR count). The molecule has 1 aliphatic rings. The molecule has 0 bridgehead atoms. The third-order valence-electron chi connectivity index (χ3n) is 3.17. The lowest BCUT2D eigenvalue weighted by atomic mass is 10.00. The summed E-state index contributed by atoms with van der Waals surface area (Å²) in [5.41, 5.74) is 5.92. The van der Waals surface area contributed by atoms with Gasteiger partial charge in [-0.3, -0.25) is 4.79 Å². The smallest absolute Gasteiger partial charge is 0.246 e. The Morgan fingerprint density at radius 1 is 1.56 bits per heavy atom. The van der Waals surface area contributed by atoms with Crippen molar-refractivity contribution < 1.29 is 9.32 Å². The highest BCUT2D eigenvalue weighted by molar-refractivity contribution is 5.85. The van der Waals surface area contributed by atoms with Crippen LogP contribution in [0, 0.1) is 12.8 Å². The average Bonchev–Trinajstić information content (AvgIpc) is 2.86. The molecule has 1 aromatic rings. The number of aromatic nitrogens is 2. The van der Waals surface area contributed by atoms with Crippen LogP contribution in [-0.2, 0) is 11.3 Å². The topological polar surface area (TPSA) is 94.0 Å². The van der Waals surface area contributed by atoms with Crippen LogP contribution in [0.2, 0.25) is 0 Å². The summed E-state index contributed by atoms with van der Waals surface area (Å²) >= 11 is 0. The van der Waals surface area contributed by atoms with Gasteiger partial charge in [0, 0.05) is 12.5 Å². The molecule has 0 saturated heterocycles. The van der Waals surface area contributed by atoms with E-state index in [0.29, 0.717) is 30.6 Å². The van der Waals surface area contributed by atoms with Gasteiger partial charge < -0.3 is 15.6 Å². The molecule has 0 radical (unpaired) electrons. The standard InChI is InChI=1S/C11H18N4O2.ClH/c1-7-14-11(17-15-7)6-13-10(16)5-8-3-2-4-9(8)12;/h8-9H,2-6,12H2,1H3,(H,13,16);1H/t8-,9+;/m0./s1. The van der Waals surface area contributed by atoms with Crippen LogP contribution in [0.1, 0.15) is 37.4 Å². The first-order chi connectivity index (χ1) is 8.15. The Bertz CT molecular complexity index is 396. The van der Waals surface area contributed by atoms with E-state index in [4.69, 9.17) is 10.3 Å². The first kappa shape index (κ1) is 14.9. The number of carbonyl (C=O) groups excluding carboxylic acids is 1. The molecule has 1 heterocycles. The van der Waals surface area contributed by atoms with Crippen molar-refractivity contribution in [2.75, 3.05) is 0 Å². The lowest BCUT2D eigenvalue weighted by molar-refractivity contribution is -0.122. The second kappa shape index (κ2) is 6.70.